The normalized spacial score (nSPS) is 13.9. The Morgan fingerprint density at radius 3 is 3.00 bits per heavy atom. The largest absolute Gasteiger partial charge is 0.490 e. The lowest BCUT2D eigenvalue weighted by molar-refractivity contribution is 0.318. The molecule has 0 saturated heterocycles. The molecular weight excluding hydrogens is 248 g/mol. The van der Waals surface area contributed by atoms with E-state index in [0.717, 1.165) is 31.0 Å². The molecule has 1 aromatic heterocycles. The van der Waals surface area contributed by atoms with E-state index in [1.807, 2.05) is 19.1 Å². The Balaban J connectivity index is 2.48. The molecule has 0 amide bonds. The lowest BCUT2D eigenvalue weighted by atomic mass is 10.3. The van der Waals surface area contributed by atoms with Crippen LogP contribution in [0.4, 0.5) is 5.82 Å². The molecule has 18 heavy (non-hydrogen) atoms. The third-order valence-electron chi connectivity index (χ3n) is 2.64. The van der Waals surface area contributed by atoms with Crippen LogP contribution in [0.2, 0.25) is 0 Å². The maximum absolute atomic E-state index is 11.2. The van der Waals surface area contributed by atoms with Crippen molar-refractivity contribution >= 4 is 16.6 Å². The second-order valence-corrected chi connectivity index (χ2v) is 6.03. The molecule has 2 atom stereocenters. The summed E-state index contributed by atoms with van der Waals surface area (Å²) in [6, 6.07) is 3.77. The zero-order valence-corrected chi connectivity index (χ0v) is 12.1. The molecule has 1 heterocycles. The van der Waals surface area contributed by atoms with Crippen molar-refractivity contribution in [3.63, 3.8) is 0 Å². The Labute approximate surface area is 112 Å². The summed E-state index contributed by atoms with van der Waals surface area (Å²) in [5.41, 5.74) is 0. The Bertz CT molecular complexity index is 385. The molecule has 2 unspecified atom stereocenters. The smallest absolute Gasteiger partial charge is 0.168 e. The van der Waals surface area contributed by atoms with E-state index in [1.165, 1.54) is 0 Å². The molecule has 1 aromatic rings. The first kappa shape index (κ1) is 15.0. The highest BCUT2D eigenvalue weighted by molar-refractivity contribution is 7.84. The molecule has 1 rings (SSSR count). The fraction of sp³-hybridized carbons (Fsp3) is 0.615. The van der Waals surface area contributed by atoms with Crippen molar-refractivity contribution < 1.29 is 8.95 Å². The number of rotatable bonds is 8. The van der Waals surface area contributed by atoms with Gasteiger partial charge in [-0.05, 0) is 25.0 Å². The lowest BCUT2D eigenvalue weighted by Crippen LogP contribution is -2.15. The molecule has 0 radical (unpaired) electrons. The second-order valence-electron chi connectivity index (χ2n) is 4.22. The average molecular weight is 270 g/mol. The van der Waals surface area contributed by atoms with Gasteiger partial charge >= 0.3 is 0 Å². The van der Waals surface area contributed by atoms with Crippen LogP contribution in [0.3, 0.4) is 0 Å². The third kappa shape index (κ3) is 5.04. The third-order valence-corrected chi connectivity index (χ3v) is 4.01. The summed E-state index contributed by atoms with van der Waals surface area (Å²) in [4.78, 5) is 4.26. The summed E-state index contributed by atoms with van der Waals surface area (Å²) in [5.74, 6) is 1.55. The maximum atomic E-state index is 11.2. The van der Waals surface area contributed by atoms with Crippen LogP contribution in [-0.4, -0.2) is 33.9 Å². The van der Waals surface area contributed by atoms with Crippen LogP contribution in [0, 0.1) is 0 Å². The number of hydrogen-bond acceptors (Lipinski definition) is 4. The van der Waals surface area contributed by atoms with Gasteiger partial charge in [-0.2, -0.15) is 0 Å². The molecule has 1 N–H and O–H groups in total. The zero-order valence-electron chi connectivity index (χ0n) is 11.3. The summed E-state index contributed by atoms with van der Waals surface area (Å²) in [6.45, 7) is 5.50. The highest BCUT2D eigenvalue weighted by atomic mass is 32.2. The van der Waals surface area contributed by atoms with Crippen LogP contribution in [0.15, 0.2) is 18.3 Å². The number of aromatic nitrogens is 1. The van der Waals surface area contributed by atoms with Crippen LogP contribution in [0.25, 0.3) is 0 Å². The van der Waals surface area contributed by atoms with Gasteiger partial charge < -0.3 is 10.1 Å². The van der Waals surface area contributed by atoms with Gasteiger partial charge in [0.25, 0.3) is 0 Å². The molecule has 4 nitrogen and oxygen atoms in total. The van der Waals surface area contributed by atoms with Gasteiger partial charge in [0.1, 0.15) is 0 Å². The lowest BCUT2D eigenvalue weighted by Gasteiger charge is -2.13. The minimum atomic E-state index is -0.770. The number of nitrogens with one attached hydrogen (secondary N) is 1. The highest BCUT2D eigenvalue weighted by Gasteiger charge is 2.07. The van der Waals surface area contributed by atoms with E-state index in [1.54, 1.807) is 12.5 Å². The van der Waals surface area contributed by atoms with E-state index in [-0.39, 0.29) is 5.25 Å². The highest BCUT2D eigenvalue weighted by Crippen LogP contribution is 2.20. The van der Waals surface area contributed by atoms with Crippen molar-refractivity contribution in [1.29, 1.82) is 0 Å². The van der Waals surface area contributed by atoms with Gasteiger partial charge in [0.15, 0.2) is 11.6 Å². The molecule has 0 aliphatic carbocycles. The van der Waals surface area contributed by atoms with Gasteiger partial charge in [-0.3, -0.25) is 4.21 Å². The summed E-state index contributed by atoms with van der Waals surface area (Å²) in [5, 5.41) is 3.43. The van der Waals surface area contributed by atoms with Crippen molar-refractivity contribution in [3.05, 3.63) is 18.3 Å². The summed E-state index contributed by atoms with van der Waals surface area (Å²) >= 11 is 0. The van der Waals surface area contributed by atoms with Crippen LogP contribution < -0.4 is 10.1 Å². The number of pyridine rings is 1. The SMILES string of the molecule is CCCOc1cccnc1NCCC(C)S(C)=O. The first-order chi connectivity index (χ1) is 8.65. The van der Waals surface area contributed by atoms with Crippen molar-refractivity contribution in [2.75, 3.05) is 24.7 Å². The van der Waals surface area contributed by atoms with E-state index >= 15 is 0 Å². The Kier molecular flexibility index (Phi) is 6.72. The molecule has 0 aliphatic rings. The van der Waals surface area contributed by atoms with Crippen molar-refractivity contribution in [2.24, 2.45) is 0 Å². The standard InChI is InChI=1S/C13H22N2O2S/c1-4-10-17-12-6-5-8-14-13(12)15-9-7-11(2)18(3)16/h5-6,8,11H,4,7,9-10H2,1-3H3,(H,14,15). The van der Waals surface area contributed by atoms with Gasteiger partial charge in [-0.15, -0.1) is 0 Å². The predicted octanol–water partition coefficient (Wildman–Crippen LogP) is 2.44. The number of nitrogens with zero attached hydrogens (tertiary/aromatic N) is 1. The average Bonchev–Trinajstić information content (AvgIpc) is 2.37. The first-order valence-electron chi connectivity index (χ1n) is 6.29. The van der Waals surface area contributed by atoms with Gasteiger partial charge in [-0.1, -0.05) is 13.8 Å². The fourth-order valence-corrected chi connectivity index (χ4v) is 1.86. The van der Waals surface area contributed by atoms with Crippen LogP contribution in [0.5, 0.6) is 5.75 Å². The van der Waals surface area contributed by atoms with Crippen LogP contribution in [-0.2, 0) is 10.8 Å². The number of anilines is 1. The summed E-state index contributed by atoms with van der Waals surface area (Å²) < 4.78 is 16.8. The molecule has 0 spiro atoms. The van der Waals surface area contributed by atoms with E-state index in [2.05, 4.69) is 17.2 Å². The quantitative estimate of drug-likeness (QED) is 0.788. The second kappa shape index (κ2) is 8.08. The topological polar surface area (TPSA) is 51.2 Å². The van der Waals surface area contributed by atoms with Crippen molar-refractivity contribution in [1.82, 2.24) is 4.98 Å². The summed E-state index contributed by atoms with van der Waals surface area (Å²) in [6.07, 6.45) is 5.30. The molecule has 102 valence electrons. The molecular formula is C13H22N2O2S. The number of ether oxygens (including phenoxy) is 1. The molecule has 0 aliphatic heterocycles. The monoisotopic (exact) mass is 270 g/mol. The minimum Gasteiger partial charge on any atom is -0.490 e. The minimum absolute atomic E-state index is 0.196. The van der Waals surface area contributed by atoms with E-state index < -0.39 is 10.8 Å². The van der Waals surface area contributed by atoms with Gasteiger partial charge in [0.2, 0.25) is 0 Å². The fourth-order valence-electron chi connectivity index (χ4n) is 1.41. The van der Waals surface area contributed by atoms with Crippen LogP contribution in [0.1, 0.15) is 26.7 Å². The zero-order chi connectivity index (χ0) is 13.4. The Morgan fingerprint density at radius 1 is 1.56 bits per heavy atom. The Hall–Kier alpha value is -1.10. The van der Waals surface area contributed by atoms with Crippen molar-refractivity contribution in [2.45, 2.75) is 31.9 Å². The molecule has 0 bridgehead atoms. The van der Waals surface area contributed by atoms with E-state index in [4.69, 9.17) is 4.74 Å². The number of hydrogen-bond donors (Lipinski definition) is 1. The maximum Gasteiger partial charge on any atom is 0.168 e. The molecule has 0 saturated carbocycles. The summed E-state index contributed by atoms with van der Waals surface area (Å²) in [7, 11) is -0.770. The van der Waals surface area contributed by atoms with Gasteiger partial charge in [0, 0.05) is 35.0 Å². The Morgan fingerprint density at radius 2 is 2.33 bits per heavy atom. The molecule has 0 fully saturated rings. The molecule has 5 heteroatoms. The molecule has 0 aromatic carbocycles. The van der Waals surface area contributed by atoms with Crippen molar-refractivity contribution in [3.8, 4) is 5.75 Å². The van der Waals surface area contributed by atoms with E-state index in [0.29, 0.717) is 6.61 Å². The van der Waals surface area contributed by atoms with Crippen LogP contribution >= 0.6 is 0 Å². The van der Waals surface area contributed by atoms with E-state index in [9.17, 15) is 4.21 Å². The first-order valence-corrected chi connectivity index (χ1v) is 7.91. The van der Waals surface area contributed by atoms with Gasteiger partial charge in [0.05, 0.1) is 6.61 Å². The predicted molar refractivity (Wildman–Crippen MR) is 76.7 cm³/mol. The van der Waals surface area contributed by atoms with Gasteiger partial charge in [-0.25, -0.2) is 4.98 Å².